The van der Waals surface area contributed by atoms with Crippen LogP contribution in [0.15, 0.2) is 17.1 Å². The lowest BCUT2D eigenvalue weighted by Gasteiger charge is -2.22. The zero-order valence-electron chi connectivity index (χ0n) is 23.5. The molecule has 0 aliphatic carbocycles. The van der Waals surface area contributed by atoms with Gasteiger partial charge in [-0.25, -0.2) is 14.6 Å². The first-order chi connectivity index (χ1) is 18.1. The maximum Gasteiger partial charge on any atom is 0.407 e. The molecule has 0 spiro atoms. The second kappa shape index (κ2) is 21.2. The summed E-state index contributed by atoms with van der Waals surface area (Å²) in [6.07, 6.45) is 2.97. The molecular formula is C25H44N6O5S2. The summed E-state index contributed by atoms with van der Waals surface area (Å²) in [5.41, 5.74) is 2.59. The lowest BCUT2D eigenvalue weighted by atomic mass is 10.2. The Hall–Kier alpha value is -2.77. The van der Waals surface area contributed by atoms with Gasteiger partial charge in [-0.15, -0.1) is 22.7 Å². The molecule has 4 amide bonds. The van der Waals surface area contributed by atoms with E-state index in [-0.39, 0.29) is 18.7 Å². The topological polar surface area (TPSA) is 146 Å². The summed E-state index contributed by atoms with van der Waals surface area (Å²) in [6, 6.07) is -0.468. The van der Waals surface area contributed by atoms with Gasteiger partial charge in [0.1, 0.15) is 6.61 Å². The van der Waals surface area contributed by atoms with Gasteiger partial charge in [0.2, 0.25) is 6.41 Å². The van der Waals surface area contributed by atoms with Gasteiger partial charge < -0.3 is 30.7 Å². The molecule has 0 aromatic carbocycles. The molecule has 11 nitrogen and oxygen atoms in total. The summed E-state index contributed by atoms with van der Waals surface area (Å²) in [4.78, 5) is 43.9. The Morgan fingerprint density at radius 3 is 2.39 bits per heavy atom. The number of aromatic nitrogens is 2. The van der Waals surface area contributed by atoms with Crippen molar-refractivity contribution in [1.82, 2.24) is 30.8 Å². The number of nitrogens with zero attached hydrogens (tertiary/aromatic N) is 3. The minimum Gasteiger partial charge on any atom is -0.444 e. The Morgan fingerprint density at radius 1 is 1.16 bits per heavy atom. The number of rotatable bonds is 13. The highest BCUT2D eigenvalue weighted by Crippen LogP contribution is 2.19. The summed E-state index contributed by atoms with van der Waals surface area (Å²) in [6.45, 7) is 13.5. The number of nitrogens with one attached hydrogen (secondary N) is 3. The van der Waals surface area contributed by atoms with Crippen LogP contribution in [0.4, 0.5) is 9.59 Å². The quantitative estimate of drug-likeness (QED) is 0.209. The molecule has 2 aromatic rings. The zero-order chi connectivity index (χ0) is 28.9. The first-order valence-electron chi connectivity index (χ1n) is 12.7. The number of alkyl carbamates (subject to hydrolysis) is 1. The zero-order valence-corrected chi connectivity index (χ0v) is 25.2. The first kappa shape index (κ1) is 35.2. The predicted octanol–water partition coefficient (Wildman–Crippen LogP) is 4.10. The Kier molecular flexibility index (Phi) is 19.6. The van der Waals surface area contributed by atoms with Crippen LogP contribution >= 0.6 is 22.7 Å². The second-order valence-electron chi connectivity index (χ2n) is 8.42. The molecule has 4 N–H and O–H groups in total. The summed E-state index contributed by atoms with van der Waals surface area (Å²) in [7, 11) is 1.72. The maximum absolute atomic E-state index is 11.9. The van der Waals surface area contributed by atoms with Crippen molar-refractivity contribution in [3.63, 3.8) is 0 Å². The molecule has 0 saturated heterocycles. The minimum absolute atomic E-state index is 0.201. The van der Waals surface area contributed by atoms with Gasteiger partial charge in [-0.3, -0.25) is 9.78 Å². The summed E-state index contributed by atoms with van der Waals surface area (Å²) < 4.78 is 4.96. The molecule has 13 heteroatoms. The van der Waals surface area contributed by atoms with E-state index in [9.17, 15) is 19.5 Å². The van der Waals surface area contributed by atoms with Crippen molar-refractivity contribution >= 4 is 41.2 Å². The number of carbonyl (C=O) groups excluding carboxylic acids is 3. The average molecular weight is 573 g/mol. The van der Waals surface area contributed by atoms with Crippen LogP contribution in [0.25, 0.3) is 0 Å². The highest BCUT2D eigenvalue weighted by Gasteiger charge is 2.16. The van der Waals surface area contributed by atoms with Gasteiger partial charge in [-0.05, 0) is 26.7 Å². The van der Waals surface area contributed by atoms with Crippen LogP contribution in [0.5, 0.6) is 0 Å². The van der Waals surface area contributed by atoms with Gasteiger partial charge in [-0.2, -0.15) is 0 Å². The molecule has 2 aromatic heterocycles. The van der Waals surface area contributed by atoms with Gasteiger partial charge in [0.25, 0.3) is 0 Å². The van der Waals surface area contributed by atoms with E-state index in [0.29, 0.717) is 32.0 Å². The van der Waals surface area contributed by atoms with Crippen molar-refractivity contribution < 1.29 is 24.2 Å². The SMILES string of the molecule is CC.CC(C)c1nc(CN(C)C(=O)NC(C)C(C)O)cs1.O=CNCCCCNC(=O)OCc1cncs1. The number of unbranched alkanes of at least 4 members (excludes halogenated alkanes) is 1. The number of carbonyl (C=O) groups is 3. The Labute approximate surface area is 234 Å². The third-order valence-electron chi connectivity index (χ3n) is 4.81. The second-order valence-corrected chi connectivity index (χ2v) is 10.3. The Balaban J connectivity index is 0.000000680. The monoisotopic (exact) mass is 572 g/mol. The van der Waals surface area contributed by atoms with Crippen molar-refractivity contribution in [1.29, 1.82) is 0 Å². The van der Waals surface area contributed by atoms with Crippen LogP contribution in [-0.2, 0) is 22.7 Å². The lowest BCUT2D eigenvalue weighted by molar-refractivity contribution is -0.109. The molecule has 0 saturated carbocycles. The summed E-state index contributed by atoms with van der Waals surface area (Å²) >= 11 is 3.07. The molecular weight excluding hydrogens is 528 g/mol. The smallest absolute Gasteiger partial charge is 0.407 e. The molecule has 0 fully saturated rings. The van der Waals surface area contributed by atoms with E-state index in [1.165, 1.54) is 11.3 Å². The molecule has 0 aliphatic heterocycles. The number of thiazole rings is 2. The van der Waals surface area contributed by atoms with Gasteiger partial charge in [0.05, 0.1) is 39.8 Å². The normalized spacial score (nSPS) is 11.6. The van der Waals surface area contributed by atoms with Crippen molar-refractivity contribution in [2.24, 2.45) is 0 Å². The van der Waals surface area contributed by atoms with Crippen molar-refractivity contribution in [2.45, 2.75) is 85.6 Å². The minimum atomic E-state index is -0.566. The van der Waals surface area contributed by atoms with Crippen LogP contribution in [0, 0.1) is 0 Å². The molecule has 0 radical (unpaired) electrons. The van der Waals surface area contributed by atoms with Crippen LogP contribution < -0.4 is 16.0 Å². The van der Waals surface area contributed by atoms with E-state index in [1.807, 2.05) is 19.2 Å². The van der Waals surface area contributed by atoms with Gasteiger partial charge >= 0.3 is 12.1 Å². The molecule has 0 bridgehead atoms. The predicted molar refractivity (Wildman–Crippen MR) is 152 cm³/mol. The lowest BCUT2D eigenvalue weighted by Crippen LogP contribution is -2.45. The Morgan fingerprint density at radius 2 is 1.84 bits per heavy atom. The van der Waals surface area contributed by atoms with E-state index in [2.05, 4.69) is 39.8 Å². The van der Waals surface area contributed by atoms with Crippen molar-refractivity contribution in [2.75, 3.05) is 20.1 Å². The average Bonchev–Trinajstić information content (AvgIpc) is 3.59. The number of hydrogen-bond acceptors (Lipinski definition) is 9. The van der Waals surface area contributed by atoms with E-state index < -0.39 is 12.2 Å². The number of hydrogen-bond donors (Lipinski definition) is 4. The third kappa shape index (κ3) is 16.2. The van der Waals surface area contributed by atoms with Crippen LogP contribution in [-0.4, -0.2) is 70.8 Å². The summed E-state index contributed by atoms with van der Waals surface area (Å²) in [5.74, 6) is 0.410. The number of aliphatic hydroxyl groups is 1. The molecule has 2 heterocycles. The van der Waals surface area contributed by atoms with Gasteiger partial charge in [0, 0.05) is 37.6 Å². The van der Waals surface area contributed by atoms with Crippen LogP contribution in [0.1, 0.15) is 75.9 Å². The standard InChI is InChI=1S/C13H23N3O2S.C10H15N3O3S.C2H6/c1-8(2)12-15-11(7-19-12)6-16(5)13(18)14-9(3)10(4)17;14-7-11-3-1-2-4-13-10(15)16-6-9-5-12-8-17-9;1-2/h7-10,17H,6H2,1-5H3,(H,14,18);5,7-8H,1-4,6H2,(H,11,14)(H,13,15);1-2H3. The van der Waals surface area contributed by atoms with E-state index >= 15 is 0 Å². The van der Waals surface area contributed by atoms with E-state index in [1.54, 1.807) is 48.8 Å². The van der Waals surface area contributed by atoms with E-state index in [0.717, 1.165) is 28.4 Å². The van der Waals surface area contributed by atoms with Gasteiger partial charge in [0.15, 0.2) is 0 Å². The third-order valence-corrected chi connectivity index (χ3v) is 6.76. The highest BCUT2D eigenvalue weighted by molar-refractivity contribution is 7.09. The molecule has 38 heavy (non-hydrogen) atoms. The fourth-order valence-corrected chi connectivity index (χ4v) is 3.84. The molecule has 2 unspecified atom stereocenters. The van der Waals surface area contributed by atoms with Crippen LogP contribution in [0.2, 0.25) is 0 Å². The van der Waals surface area contributed by atoms with E-state index in [4.69, 9.17) is 4.74 Å². The first-order valence-corrected chi connectivity index (χ1v) is 14.5. The van der Waals surface area contributed by atoms with Gasteiger partial charge in [-0.1, -0.05) is 27.7 Å². The molecule has 216 valence electrons. The number of amides is 4. The summed E-state index contributed by atoms with van der Waals surface area (Å²) in [5, 5.41) is 20.3. The number of ether oxygens (including phenoxy) is 1. The maximum atomic E-state index is 11.9. The van der Waals surface area contributed by atoms with Crippen molar-refractivity contribution in [3.8, 4) is 0 Å². The fraction of sp³-hybridized carbons (Fsp3) is 0.640. The molecule has 2 atom stereocenters. The number of urea groups is 1. The Bertz CT molecular complexity index is 893. The number of aliphatic hydroxyl groups excluding tert-OH is 1. The fourth-order valence-electron chi connectivity index (χ4n) is 2.50. The molecule has 2 rings (SSSR count). The highest BCUT2D eigenvalue weighted by atomic mass is 32.1. The molecule has 0 aliphatic rings. The van der Waals surface area contributed by atoms with Crippen LogP contribution in [0.3, 0.4) is 0 Å². The van der Waals surface area contributed by atoms with Crippen molar-refractivity contribution in [3.05, 3.63) is 32.7 Å². The largest absolute Gasteiger partial charge is 0.444 e.